The predicted molar refractivity (Wildman–Crippen MR) is 118 cm³/mol. The second-order valence-corrected chi connectivity index (χ2v) is 10.5. The summed E-state index contributed by atoms with van der Waals surface area (Å²) in [5, 5.41) is 3.36. The number of nitrogens with zero attached hydrogens (tertiary/aromatic N) is 1. The first kappa shape index (κ1) is 22.7. The number of benzene rings is 2. The number of carbonyl (C=O) groups excluding carboxylic acids is 1. The molecule has 1 heterocycles. The Labute approximate surface area is 189 Å². The van der Waals surface area contributed by atoms with Gasteiger partial charge in [0, 0.05) is 13.1 Å². The first-order valence-corrected chi connectivity index (χ1v) is 11.8. The molecule has 10 heteroatoms. The van der Waals surface area contributed by atoms with Gasteiger partial charge in [0.05, 0.1) is 36.2 Å². The summed E-state index contributed by atoms with van der Waals surface area (Å²) in [6.45, 7) is 3.00. The minimum Gasteiger partial charge on any atom is -0.321 e. The predicted octanol–water partition coefficient (Wildman–Crippen LogP) is 5.97. The van der Waals surface area contributed by atoms with Crippen molar-refractivity contribution >= 4 is 68.0 Å². The largest absolute Gasteiger partial charge is 0.321 e. The molecule has 0 radical (unpaired) electrons. The Morgan fingerprint density at radius 1 is 0.966 bits per heavy atom. The van der Waals surface area contributed by atoms with E-state index in [2.05, 4.69) is 12.2 Å². The Hall–Kier alpha value is -1.02. The van der Waals surface area contributed by atoms with Crippen molar-refractivity contribution < 1.29 is 13.2 Å². The second-order valence-electron chi connectivity index (χ2n) is 6.93. The molecule has 0 atom stereocenters. The van der Waals surface area contributed by atoms with E-state index in [0.29, 0.717) is 19.0 Å². The highest BCUT2D eigenvalue weighted by Crippen LogP contribution is 2.33. The van der Waals surface area contributed by atoms with Crippen molar-refractivity contribution in [2.75, 3.05) is 18.4 Å². The molecule has 156 valence electrons. The van der Waals surface area contributed by atoms with Crippen LogP contribution in [0, 0.1) is 5.92 Å². The van der Waals surface area contributed by atoms with E-state index >= 15 is 0 Å². The molecule has 3 rings (SSSR count). The first-order chi connectivity index (χ1) is 13.6. The number of carbonyl (C=O) groups is 1. The number of nitrogens with one attached hydrogen (secondary N) is 1. The summed E-state index contributed by atoms with van der Waals surface area (Å²) in [6, 6.07) is 6.88. The number of sulfonamides is 1. The maximum Gasteiger partial charge on any atom is 0.257 e. The standard InChI is InChI=1S/C19H18Cl4N2O3S/c1-11-4-6-25(7-5-11)29(27,28)12-2-3-14(20)13(8-12)19(26)24-18-10-16(22)15(21)9-17(18)23/h2-3,8-11H,4-7H2,1H3,(H,24,26). The summed E-state index contributed by atoms with van der Waals surface area (Å²) in [7, 11) is -3.72. The molecule has 0 aromatic heterocycles. The van der Waals surface area contributed by atoms with Gasteiger partial charge in [-0.05, 0) is 49.1 Å². The van der Waals surface area contributed by atoms with Crippen molar-refractivity contribution in [2.24, 2.45) is 5.92 Å². The van der Waals surface area contributed by atoms with Crippen LogP contribution in [-0.2, 0) is 10.0 Å². The van der Waals surface area contributed by atoms with Gasteiger partial charge in [-0.25, -0.2) is 8.42 Å². The summed E-state index contributed by atoms with van der Waals surface area (Å²) in [6.07, 6.45) is 1.60. The minimum absolute atomic E-state index is 0.0141. The van der Waals surface area contributed by atoms with Gasteiger partial charge in [0.15, 0.2) is 0 Å². The van der Waals surface area contributed by atoms with Gasteiger partial charge in [-0.15, -0.1) is 0 Å². The van der Waals surface area contributed by atoms with Crippen molar-refractivity contribution in [3.05, 3.63) is 56.0 Å². The lowest BCUT2D eigenvalue weighted by Gasteiger charge is -2.29. The van der Waals surface area contributed by atoms with E-state index in [1.54, 1.807) is 0 Å². The zero-order valence-corrected chi connectivity index (χ0v) is 19.2. The Kier molecular flexibility index (Phi) is 7.03. The van der Waals surface area contributed by atoms with Crippen LogP contribution in [0.3, 0.4) is 0 Å². The monoisotopic (exact) mass is 494 g/mol. The molecule has 2 aromatic rings. The SMILES string of the molecule is CC1CCN(S(=O)(=O)c2ccc(Cl)c(C(=O)Nc3cc(Cl)c(Cl)cc3Cl)c2)CC1. The van der Waals surface area contributed by atoms with E-state index in [4.69, 9.17) is 46.4 Å². The summed E-state index contributed by atoms with van der Waals surface area (Å²) in [5.74, 6) is -0.122. The molecule has 0 saturated carbocycles. The number of hydrogen-bond donors (Lipinski definition) is 1. The lowest BCUT2D eigenvalue weighted by atomic mass is 10.0. The molecule has 29 heavy (non-hydrogen) atoms. The van der Waals surface area contributed by atoms with E-state index in [9.17, 15) is 13.2 Å². The highest BCUT2D eigenvalue weighted by Gasteiger charge is 2.29. The van der Waals surface area contributed by atoms with Crippen LogP contribution in [0.2, 0.25) is 20.1 Å². The van der Waals surface area contributed by atoms with Gasteiger partial charge in [-0.1, -0.05) is 53.3 Å². The van der Waals surface area contributed by atoms with Crippen LogP contribution in [0.5, 0.6) is 0 Å². The molecule has 1 aliphatic rings. The molecule has 1 fully saturated rings. The molecule has 1 saturated heterocycles. The van der Waals surface area contributed by atoms with Gasteiger partial charge in [-0.3, -0.25) is 4.79 Å². The molecule has 1 N–H and O–H groups in total. The fourth-order valence-corrected chi connectivity index (χ4v) is 5.32. The van der Waals surface area contributed by atoms with Crippen molar-refractivity contribution in [2.45, 2.75) is 24.7 Å². The van der Waals surface area contributed by atoms with Crippen LogP contribution in [0.25, 0.3) is 0 Å². The minimum atomic E-state index is -3.72. The number of halogens is 4. The van der Waals surface area contributed by atoms with E-state index in [1.165, 1.54) is 34.6 Å². The van der Waals surface area contributed by atoms with Crippen LogP contribution in [-0.4, -0.2) is 31.7 Å². The van der Waals surface area contributed by atoms with Crippen molar-refractivity contribution in [3.63, 3.8) is 0 Å². The number of piperidine rings is 1. The van der Waals surface area contributed by atoms with E-state index in [0.717, 1.165) is 12.8 Å². The van der Waals surface area contributed by atoms with Gasteiger partial charge >= 0.3 is 0 Å². The Balaban J connectivity index is 1.89. The summed E-state index contributed by atoms with van der Waals surface area (Å²) >= 11 is 24.1. The van der Waals surface area contributed by atoms with E-state index in [-0.39, 0.29) is 36.2 Å². The number of amides is 1. The molecule has 2 aromatic carbocycles. The lowest BCUT2D eigenvalue weighted by Crippen LogP contribution is -2.37. The average Bonchev–Trinajstić information content (AvgIpc) is 2.66. The zero-order valence-electron chi connectivity index (χ0n) is 15.4. The van der Waals surface area contributed by atoms with Crippen LogP contribution < -0.4 is 5.32 Å². The molecule has 5 nitrogen and oxygen atoms in total. The van der Waals surface area contributed by atoms with Gasteiger partial charge in [0.1, 0.15) is 0 Å². The number of rotatable bonds is 4. The average molecular weight is 496 g/mol. The van der Waals surface area contributed by atoms with Gasteiger partial charge in [0.2, 0.25) is 10.0 Å². The first-order valence-electron chi connectivity index (χ1n) is 8.85. The summed E-state index contributed by atoms with van der Waals surface area (Å²) < 4.78 is 27.4. The third-order valence-corrected chi connectivity index (χ3v) is 8.08. The smallest absolute Gasteiger partial charge is 0.257 e. The normalized spacial score (nSPS) is 16.0. The molecule has 0 aliphatic carbocycles. The Bertz CT molecular complexity index is 1050. The lowest BCUT2D eigenvalue weighted by molar-refractivity contribution is 0.102. The van der Waals surface area contributed by atoms with Crippen LogP contribution in [0.1, 0.15) is 30.1 Å². The van der Waals surface area contributed by atoms with E-state index < -0.39 is 15.9 Å². The fraction of sp³-hybridized carbons (Fsp3) is 0.316. The van der Waals surface area contributed by atoms with Crippen molar-refractivity contribution in [1.29, 1.82) is 0 Å². The molecule has 0 unspecified atom stereocenters. The van der Waals surface area contributed by atoms with Gasteiger partial charge < -0.3 is 5.32 Å². The highest BCUT2D eigenvalue weighted by molar-refractivity contribution is 7.89. The molecular formula is C19H18Cl4N2O3S. The third-order valence-electron chi connectivity index (χ3n) is 4.82. The molecule has 1 amide bonds. The second kappa shape index (κ2) is 9.00. The Morgan fingerprint density at radius 3 is 2.24 bits per heavy atom. The van der Waals surface area contributed by atoms with Crippen LogP contribution in [0.15, 0.2) is 35.2 Å². The Morgan fingerprint density at radius 2 is 1.59 bits per heavy atom. The molecule has 0 spiro atoms. The van der Waals surface area contributed by atoms with Gasteiger partial charge in [0.25, 0.3) is 5.91 Å². The molecule has 1 aliphatic heterocycles. The fourth-order valence-electron chi connectivity index (χ4n) is 3.02. The molecule has 0 bridgehead atoms. The maximum absolute atomic E-state index is 13.0. The highest BCUT2D eigenvalue weighted by atomic mass is 35.5. The maximum atomic E-state index is 13.0. The third kappa shape index (κ3) is 5.01. The quantitative estimate of drug-likeness (QED) is 0.531. The number of anilines is 1. The van der Waals surface area contributed by atoms with Crippen molar-refractivity contribution in [1.82, 2.24) is 4.31 Å². The summed E-state index contributed by atoms with van der Waals surface area (Å²) in [5.41, 5.74) is 0.251. The summed E-state index contributed by atoms with van der Waals surface area (Å²) in [4.78, 5) is 12.8. The van der Waals surface area contributed by atoms with Gasteiger partial charge in [-0.2, -0.15) is 4.31 Å². The zero-order chi connectivity index (χ0) is 21.3. The number of hydrogen-bond acceptors (Lipinski definition) is 3. The van der Waals surface area contributed by atoms with Crippen molar-refractivity contribution in [3.8, 4) is 0 Å². The van der Waals surface area contributed by atoms with E-state index in [1.807, 2.05) is 0 Å². The van der Waals surface area contributed by atoms with Crippen LogP contribution in [0.4, 0.5) is 5.69 Å². The van der Waals surface area contributed by atoms with Crippen LogP contribution >= 0.6 is 46.4 Å². The topological polar surface area (TPSA) is 66.5 Å². The molecular weight excluding hydrogens is 478 g/mol.